The van der Waals surface area contributed by atoms with Crippen LogP contribution in [0, 0.1) is 0 Å². The van der Waals surface area contributed by atoms with Gasteiger partial charge in [0.2, 0.25) is 5.91 Å². The molecule has 1 heterocycles. The lowest BCUT2D eigenvalue weighted by Gasteiger charge is -2.19. The summed E-state index contributed by atoms with van der Waals surface area (Å²) in [4.78, 5) is 12.2. The fourth-order valence-corrected chi connectivity index (χ4v) is 2.67. The van der Waals surface area contributed by atoms with E-state index in [4.69, 9.17) is 4.74 Å². The minimum absolute atomic E-state index is 0.0986. The summed E-state index contributed by atoms with van der Waals surface area (Å²) in [5.41, 5.74) is 7.23. The monoisotopic (exact) mass is 321 g/mol. The molecule has 1 amide bonds. The highest BCUT2D eigenvalue weighted by Crippen LogP contribution is 2.10. The van der Waals surface area contributed by atoms with E-state index in [1.54, 1.807) is 0 Å². The van der Waals surface area contributed by atoms with Crippen LogP contribution in [0.3, 0.4) is 0 Å². The molecule has 0 aromatic heterocycles. The summed E-state index contributed by atoms with van der Waals surface area (Å²) in [6, 6.07) is 9.51. The van der Waals surface area contributed by atoms with Crippen LogP contribution in [0.5, 0.6) is 0 Å². The summed E-state index contributed by atoms with van der Waals surface area (Å²) in [5.74, 6) is -0.0986. The number of ether oxygens (including phenoxy) is 1. The average Bonchev–Trinajstić information content (AvgIpc) is 3.04. The zero-order chi connectivity index (χ0) is 16.5. The number of hydrazine groups is 1. The molecule has 0 saturated carbocycles. The molecule has 0 aliphatic carbocycles. The van der Waals surface area contributed by atoms with Crippen molar-refractivity contribution in [1.29, 1.82) is 0 Å². The highest BCUT2D eigenvalue weighted by atomic mass is 16.5. The largest absolute Gasteiger partial charge is 0.394 e. The summed E-state index contributed by atoms with van der Waals surface area (Å²) in [6.45, 7) is 2.74. The molecule has 128 valence electrons. The molecule has 2 unspecified atom stereocenters. The fraction of sp³-hybridized carbons (Fsp3) is 0.588. The van der Waals surface area contributed by atoms with Gasteiger partial charge in [0.1, 0.15) is 6.04 Å². The molecule has 1 saturated heterocycles. The third-order valence-electron chi connectivity index (χ3n) is 3.93. The van der Waals surface area contributed by atoms with Gasteiger partial charge < -0.3 is 15.2 Å². The Morgan fingerprint density at radius 2 is 2.17 bits per heavy atom. The maximum absolute atomic E-state index is 12.2. The molecule has 0 spiro atoms. The van der Waals surface area contributed by atoms with Gasteiger partial charge in [-0.3, -0.25) is 10.2 Å². The van der Waals surface area contributed by atoms with Crippen molar-refractivity contribution in [3.8, 4) is 0 Å². The molecule has 1 aromatic carbocycles. The molecule has 1 aromatic rings. The quantitative estimate of drug-likeness (QED) is 0.539. The number of aliphatic hydroxyl groups is 1. The summed E-state index contributed by atoms with van der Waals surface area (Å²) < 4.78 is 5.59. The van der Waals surface area contributed by atoms with Crippen molar-refractivity contribution in [1.82, 2.24) is 16.2 Å². The van der Waals surface area contributed by atoms with Gasteiger partial charge in [0.15, 0.2) is 0 Å². The van der Waals surface area contributed by atoms with Crippen molar-refractivity contribution in [2.75, 3.05) is 13.2 Å². The first-order chi connectivity index (χ1) is 11.2. The second-order valence-corrected chi connectivity index (χ2v) is 5.95. The minimum atomic E-state index is -0.391. The zero-order valence-electron chi connectivity index (χ0n) is 13.6. The molecule has 4 N–H and O–H groups in total. The third-order valence-corrected chi connectivity index (χ3v) is 3.93. The maximum Gasteiger partial charge on any atom is 0.238 e. The van der Waals surface area contributed by atoms with Crippen LogP contribution in [0.1, 0.15) is 31.7 Å². The molecule has 0 radical (unpaired) electrons. The van der Waals surface area contributed by atoms with E-state index in [0.717, 1.165) is 24.8 Å². The van der Waals surface area contributed by atoms with Gasteiger partial charge >= 0.3 is 0 Å². The van der Waals surface area contributed by atoms with Crippen LogP contribution in [0.25, 0.3) is 0 Å². The van der Waals surface area contributed by atoms with Gasteiger partial charge in [-0.1, -0.05) is 43.7 Å². The molecule has 23 heavy (non-hydrogen) atoms. The van der Waals surface area contributed by atoms with Gasteiger partial charge in [0.25, 0.3) is 0 Å². The highest BCUT2D eigenvalue weighted by Gasteiger charge is 2.29. The Labute approximate surface area is 137 Å². The van der Waals surface area contributed by atoms with Crippen LogP contribution in [-0.2, 0) is 16.1 Å². The van der Waals surface area contributed by atoms with Crippen LogP contribution in [0.15, 0.2) is 30.3 Å². The topological polar surface area (TPSA) is 82.6 Å². The number of rotatable bonds is 9. The molecule has 6 nitrogen and oxygen atoms in total. The molecule has 6 heteroatoms. The summed E-state index contributed by atoms with van der Waals surface area (Å²) >= 11 is 0. The Bertz CT molecular complexity index is 469. The predicted molar refractivity (Wildman–Crippen MR) is 88.5 cm³/mol. The van der Waals surface area contributed by atoms with Gasteiger partial charge in [0, 0.05) is 6.04 Å². The van der Waals surface area contributed by atoms with Gasteiger partial charge in [-0.15, -0.1) is 0 Å². The van der Waals surface area contributed by atoms with Crippen LogP contribution in [0.2, 0.25) is 0 Å². The molecular formula is C17H27N3O3. The summed E-state index contributed by atoms with van der Waals surface area (Å²) in [5, 5.41) is 12.3. The van der Waals surface area contributed by atoms with Crippen LogP contribution in [-0.4, -0.2) is 42.4 Å². The van der Waals surface area contributed by atoms with E-state index >= 15 is 0 Å². The van der Waals surface area contributed by atoms with Crippen molar-refractivity contribution in [3.63, 3.8) is 0 Å². The number of aliphatic hydroxyl groups excluding tert-OH is 1. The predicted octanol–water partition coefficient (Wildman–Crippen LogP) is 0.716. The van der Waals surface area contributed by atoms with Crippen LogP contribution in [0.4, 0.5) is 0 Å². The van der Waals surface area contributed by atoms with Crippen molar-refractivity contribution >= 4 is 5.91 Å². The number of carbonyl (C=O) groups excluding carboxylic acids is 1. The molecule has 0 bridgehead atoms. The molecule has 2 rings (SSSR count). The minimum Gasteiger partial charge on any atom is -0.394 e. The van der Waals surface area contributed by atoms with Gasteiger partial charge in [-0.2, -0.15) is 0 Å². The van der Waals surface area contributed by atoms with E-state index in [9.17, 15) is 9.90 Å². The first-order valence-electron chi connectivity index (χ1n) is 8.26. The van der Waals surface area contributed by atoms with Crippen molar-refractivity contribution < 1.29 is 14.6 Å². The van der Waals surface area contributed by atoms with E-state index in [1.807, 2.05) is 30.3 Å². The number of carbonyl (C=O) groups is 1. The Morgan fingerprint density at radius 1 is 1.39 bits per heavy atom. The maximum atomic E-state index is 12.2. The Morgan fingerprint density at radius 3 is 2.87 bits per heavy atom. The second kappa shape index (κ2) is 9.62. The van der Waals surface area contributed by atoms with Gasteiger partial charge in [0.05, 0.1) is 25.9 Å². The normalized spacial score (nSPS) is 22.0. The van der Waals surface area contributed by atoms with Crippen LogP contribution >= 0.6 is 0 Å². The standard InChI is InChI=1S/C17H27N3O3/c1-2-6-14-9-16(20-19-14)17(22)18-15(10-21)12-23-11-13-7-4-3-5-8-13/h3-5,7-8,14-16,19-21H,2,6,9-12H2,1H3,(H,18,22)/t14?,15-,16?/m1/s1. The fourth-order valence-electron chi connectivity index (χ4n) is 2.67. The number of benzene rings is 1. The number of nitrogens with one attached hydrogen (secondary N) is 3. The average molecular weight is 321 g/mol. The smallest absolute Gasteiger partial charge is 0.238 e. The molecule has 1 fully saturated rings. The van der Waals surface area contributed by atoms with E-state index in [2.05, 4.69) is 23.1 Å². The Kier molecular flexibility index (Phi) is 7.48. The lowest BCUT2D eigenvalue weighted by atomic mass is 10.1. The molecule has 3 atom stereocenters. The lowest BCUT2D eigenvalue weighted by molar-refractivity contribution is -0.124. The molecule has 1 aliphatic heterocycles. The molecule has 1 aliphatic rings. The van der Waals surface area contributed by atoms with E-state index in [-0.39, 0.29) is 25.2 Å². The third kappa shape index (κ3) is 5.91. The highest BCUT2D eigenvalue weighted by molar-refractivity contribution is 5.82. The first kappa shape index (κ1) is 17.9. The Balaban J connectivity index is 1.70. The Hall–Kier alpha value is -1.47. The number of hydrogen-bond acceptors (Lipinski definition) is 5. The number of hydrogen-bond donors (Lipinski definition) is 4. The summed E-state index contributed by atoms with van der Waals surface area (Å²) in [6.07, 6.45) is 2.89. The van der Waals surface area contributed by atoms with E-state index in [1.165, 1.54) is 0 Å². The molecular weight excluding hydrogens is 294 g/mol. The zero-order valence-corrected chi connectivity index (χ0v) is 13.6. The number of amides is 1. The summed E-state index contributed by atoms with van der Waals surface area (Å²) in [7, 11) is 0. The van der Waals surface area contributed by atoms with Crippen molar-refractivity contribution in [3.05, 3.63) is 35.9 Å². The second-order valence-electron chi connectivity index (χ2n) is 5.95. The van der Waals surface area contributed by atoms with E-state index < -0.39 is 6.04 Å². The van der Waals surface area contributed by atoms with Gasteiger partial charge in [-0.05, 0) is 18.4 Å². The van der Waals surface area contributed by atoms with Crippen molar-refractivity contribution in [2.24, 2.45) is 0 Å². The SMILES string of the molecule is CCCC1CC(C(=O)N[C@H](CO)COCc2ccccc2)NN1. The van der Waals surface area contributed by atoms with Crippen LogP contribution < -0.4 is 16.2 Å². The lowest BCUT2D eigenvalue weighted by Crippen LogP contribution is -2.49. The van der Waals surface area contributed by atoms with Gasteiger partial charge in [-0.25, -0.2) is 5.43 Å². The van der Waals surface area contributed by atoms with E-state index in [0.29, 0.717) is 12.6 Å². The first-order valence-corrected chi connectivity index (χ1v) is 8.26. The van der Waals surface area contributed by atoms with Crippen molar-refractivity contribution in [2.45, 2.75) is 50.9 Å².